The van der Waals surface area contributed by atoms with E-state index in [0.717, 1.165) is 24.5 Å². The number of methoxy groups -OCH3 is 1. The van der Waals surface area contributed by atoms with Crippen molar-refractivity contribution in [2.45, 2.75) is 31.7 Å². The van der Waals surface area contributed by atoms with E-state index in [2.05, 4.69) is 20.4 Å². The molecule has 0 aliphatic carbocycles. The second-order valence-electron chi connectivity index (χ2n) is 8.13. The van der Waals surface area contributed by atoms with Crippen molar-refractivity contribution in [3.63, 3.8) is 0 Å². The van der Waals surface area contributed by atoms with Gasteiger partial charge in [0.1, 0.15) is 11.5 Å². The number of carbonyl (C=O) groups excluding carboxylic acids is 1. The molecule has 2 heterocycles. The summed E-state index contributed by atoms with van der Waals surface area (Å²) in [5.41, 5.74) is 1.60. The summed E-state index contributed by atoms with van der Waals surface area (Å²) in [6.45, 7) is 7.53. The van der Waals surface area contributed by atoms with Gasteiger partial charge in [0.25, 0.3) is 0 Å². The largest absolute Gasteiger partial charge is 0.497 e. The third kappa shape index (κ3) is 6.43. The lowest BCUT2D eigenvalue weighted by Gasteiger charge is -2.29. The van der Waals surface area contributed by atoms with Crippen LogP contribution in [0.1, 0.15) is 25.8 Å². The fourth-order valence-electron chi connectivity index (χ4n) is 3.91. The van der Waals surface area contributed by atoms with Crippen LogP contribution in [0.15, 0.2) is 47.6 Å². The van der Waals surface area contributed by atoms with Crippen LogP contribution in [-0.4, -0.2) is 59.8 Å². The number of morpholine rings is 1. The smallest absolute Gasteiger partial charge is 0.234 e. The number of hydrogen-bond acceptors (Lipinski definition) is 8. The Labute approximate surface area is 220 Å². The topological polar surface area (TPSA) is 90.7 Å². The van der Waals surface area contributed by atoms with Crippen molar-refractivity contribution in [2.24, 2.45) is 0 Å². The zero-order valence-electron chi connectivity index (χ0n) is 20.6. The molecule has 0 bridgehead atoms. The first-order chi connectivity index (χ1) is 17.5. The van der Waals surface area contributed by atoms with Crippen molar-refractivity contribution < 1.29 is 19.0 Å². The van der Waals surface area contributed by atoms with Gasteiger partial charge in [-0.3, -0.25) is 4.79 Å². The number of nitrogens with zero attached hydrogens (tertiary/aromatic N) is 4. The van der Waals surface area contributed by atoms with Crippen LogP contribution in [-0.2, 0) is 16.1 Å². The summed E-state index contributed by atoms with van der Waals surface area (Å²) in [4.78, 5) is 14.8. The molecule has 1 aliphatic rings. The van der Waals surface area contributed by atoms with Gasteiger partial charge in [0.05, 0.1) is 36.8 Å². The lowest BCUT2D eigenvalue weighted by Crippen LogP contribution is -2.36. The van der Waals surface area contributed by atoms with E-state index in [1.807, 2.05) is 54.8 Å². The first-order valence-electron chi connectivity index (χ1n) is 11.8. The summed E-state index contributed by atoms with van der Waals surface area (Å²) >= 11 is 7.81. The fraction of sp³-hybridized carbons (Fsp3) is 0.400. The molecule has 1 aromatic heterocycles. The predicted molar refractivity (Wildman–Crippen MR) is 142 cm³/mol. The standard InChI is InChI=1S/C25H30ClN5O4S/c1-4-31-24(17(2)35-20-7-5-6-19(15-20)33-3)28-29-25(31)36-16-23(32)27-18-8-9-22(21(26)14-18)30-10-12-34-13-11-30/h5-9,14-15,17H,4,10-13,16H2,1-3H3,(H,27,32). The quantitative estimate of drug-likeness (QED) is 0.377. The number of hydrogen-bond donors (Lipinski definition) is 1. The van der Waals surface area contributed by atoms with Gasteiger partial charge in [-0.1, -0.05) is 29.4 Å². The number of halogens is 1. The van der Waals surface area contributed by atoms with Crippen LogP contribution < -0.4 is 19.7 Å². The molecule has 9 nitrogen and oxygen atoms in total. The first kappa shape index (κ1) is 26.1. The Morgan fingerprint density at radius 3 is 2.69 bits per heavy atom. The number of amides is 1. The molecule has 2 aromatic carbocycles. The number of aromatic nitrogens is 3. The minimum Gasteiger partial charge on any atom is -0.497 e. The molecule has 1 fully saturated rings. The van der Waals surface area contributed by atoms with Crippen LogP contribution >= 0.6 is 23.4 Å². The molecule has 1 amide bonds. The van der Waals surface area contributed by atoms with Crippen LogP contribution in [0.4, 0.5) is 11.4 Å². The summed E-state index contributed by atoms with van der Waals surface area (Å²) in [5, 5.41) is 12.8. The van der Waals surface area contributed by atoms with E-state index in [9.17, 15) is 4.79 Å². The van der Waals surface area contributed by atoms with Gasteiger partial charge >= 0.3 is 0 Å². The van der Waals surface area contributed by atoms with E-state index in [1.165, 1.54) is 11.8 Å². The Hall–Kier alpha value is -2.95. The number of rotatable bonds is 10. The Kier molecular flexibility index (Phi) is 8.95. The molecular formula is C25H30ClN5O4S. The second-order valence-corrected chi connectivity index (χ2v) is 9.48. The highest BCUT2D eigenvalue weighted by atomic mass is 35.5. The van der Waals surface area contributed by atoms with Gasteiger partial charge in [-0.05, 0) is 44.2 Å². The Morgan fingerprint density at radius 2 is 1.97 bits per heavy atom. The van der Waals surface area contributed by atoms with E-state index in [4.69, 9.17) is 25.8 Å². The molecule has 1 atom stereocenters. The summed E-state index contributed by atoms with van der Waals surface area (Å²) < 4.78 is 18.7. The van der Waals surface area contributed by atoms with Crippen molar-refractivity contribution in [3.05, 3.63) is 53.3 Å². The third-order valence-corrected chi connectivity index (χ3v) is 6.96. The predicted octanol–water partition coefficient (Wildman–Crippen LogP) is 4.67. The first-order valence-corrected chi connectivity index (χ1v) is 13.1. The van der Waals surface area contributed by atoms with Crippen LogP contribution in [0.2, 0.25) is 5.02 Å². The van der Waals surface area contributed by atoms with E-state index in [-0.39, 0.29) is 17.8 Å². The highest BCUT2D eigenvalue weighted by Gasteiger charge is 2.20. The Morgan fingerprint density at radius 1 is 1.19 bits per heavy atom. The number of anilines is 2. The molecule has 1 saturated heterocycles. The summed E-state index contributed by atoms with van der Waals surface area (Å²) in [6, 6.07) is 13.0. The van der Waals surface area contributed by atoms with Gasteiger partial charge in [0.15, 0.2) is 17.1 Å². The van der Waals surface area contributed by atoms with Crippen molar-refractivity contribution in [1.29, 1.82) is 0 Å². The zero-order valence-corrected chi connectivity index (χ0v) is 22.1. The zero-order chi connectivity index (χ0) is 25.5. The van der Waals surface area contributed by atoms with E-state index >= 15 is 0 Å². The second kappa shape index (κ2) is 12.3. The highest BCUT2D eigenvalue weighted by Crippen LogP contribution is 2.30. The molecule has 0 spiro atoms. The van der Waals surface area contributed by atoms with Crippen molar-refractivity contribution in [3.8, 4) is 11.5 Å². The van der Waals surface area contributed by atoms with Crippen molar-refractivity contribution in [1.82, 2.24) is 14.8 Å². The van der Waals surface area contributed by atoms with Crippen molar-refractivity contribution >= 4 is 40.6 Å². The van der Waals surface area contributed by atoms with Crippen molar-refractivity contribution in [2.75, 3.05) is 49.4 Å². The average Bonchev–Trinajstić information content (AvgIpc) is 3.31. The highest BCUT2D eigenvalue weighted by molar-refractivity contribution is 7.99. The molecule has 1 unspecified atom stereocenters. The van der Waals surface area contributed by atoms with E-state index in [0.29, 0.717) is 47.2 Å². The molecule has 0 radical (unpaired) electrons. The van der Waals surface area contributed by atoms with E-state index in [1.54, 1.807) is 13.2 Å². The van der Waals surface area contributed by atoms with Crippen LogP contribution in [0, 0.1) is 0 Å². The molecule has 0 saturated carbocycles. The minimum absolute atomic E-state index is 0.150. The van der Waals surface area contributed by atoms with Gasteiger partial charge in [0, 0.05) is 31.4 Å². The van der Waals surface area contributed by atoms with Gasteiger partial charge in [-0.25, -0.2) is 0 Å². The maximum atomic E-state index is 12.6. The molecule has 1 N–H and O–H groups in total. The SMILES string of the molecule is CCn1c(SCC(=O)Nc2ccc(N3CCOCC3)c(Cl)c2)nnc1C(C)Oc1cccc(OC)c1. The number of thioether (sulfide) groups is 1. The molecule has 4 rings (SSSR count). The lowest BCUT2D eigenvalue weighted by molar-refractivity contribution is -0.113. The summed E-state index contributed by atoms with van der Waals surface area (Å²) in [6.07, 6.45) is -0.333. The van der Waals surface area contributed by atoms with Crippen LogP contribution in [0.3, 0.4) is 0 Å². The molecule has 3 aromatic rings. The maximum absolute atomic E-state index is 12.6. The fourth-order valence-corrected chi connectivity index (χ4v) is 5.02. The third-order valence-electron chi connectivity index (χ3n) is 5.69. The summed E-state index contributed by atoms with van der Waals surface area (Å²) in [5.74, 6) is 2.12. The normalized spacial score (nSPS) is 14.4. The van der Waals surface area contributed by atoms with E-state index < -0.39 is 0 Å². The van der Waals surface area contributed by atoms with Gasteiger partial charge < -0.3 is 29.0 Å². The molecule has 11 heteroatoms. The summed E-state index contributed by atoms with van der Waals surface area (Å²) in [7, 11) is 1.62. The van der Waals surface area contributed by atoms with Gasteiger partial charge in [-0.15, -0.1) is 10.2 Å². The Balaban J connectivity index is 1.35. The molecule has 192 valence electrons. The lowest BCUT2D eigenvalue weighted by atomic mass is 10.2. The van der Waals surface area contributed by atoms with Gasteiger partial charge in [0.2, 0.25) is 5.91 Å². The number of carbonyl (C=O) groups is 1. The maximum Gasteiger partial charge on any atom is 0.234 e. The molecule has 36 heavy (non-hydrogen) atoms. The number of ether oxygens (including phenoxy) is 3. The Bertz CT molecular complexity index is 1190. The minimum atomic E-state index is -0.333. The number of nitrogens with one attached hydrogen (secondary N) is 1. The number of benzene rings is 2. The van der Waals surface area contributed by atoms with Gasteiger partial charge in [-0.2, -0.15) is 0 Å². The van der Waals surface area contributed by atoms with Crippen LogP contribution in [0.5, 0.6) is 11.5 Å². The van der Waals surface area contributed by atoms with Crippen LogP contribution in [0.25, 0.3) is 0 Å². The molecular weight excluding hydrogens is 502 g/mol. The molecule has 1 aliphatic heterocycles. The average molecular weight is 532 g/mol. The monoisotopic (exact) mass is 531 g/mol.